The van der Waals surface area contributed by atoms with Crippen molar-refractivity contribution < 1.29 is 9.72 Å². The van der Waals surface area contributed by atoms with Crippen LogP contribution in [0, 0.1) is 10.1 Å². The van der Waals surface area contributed by atoms with E-state index in [0.717, 1.165) is 11.3 Å². The van der Waals surface area contributed by atoms with Gasteiger partial charge in [0.05, 0.1) is 4.92 Å². The van der Waals surface area contributed by atoms with E-state index in [2.05, 4.69) is 4.90 Å². The normalized spacial score (nSPS) is 13.9. The number of halogens is 1. The number of benzene rings is 2. The Balaban J connectivity index is 0.00000243. The van der Waals surface area contributed by atoms with Crippen LogP contribution < -0.4 is 10.6 Å². The lowest BCUT2D eigenvalue weighted by Gasteiger charge is -2.36. The number of nitrogens with zero attached hydrogens (tertiary/aromatic N) is 3. The van der Waals surface area contributed by atoms with Crippen molar-refractivity contribution in [3.05, 3.63) is 69.8 Å². The van der Waals surface area contributed by atoms with Crippen molar-refractivity contribution in [2.45, 2.75) is 6.54 Å². The quantitative estimate of drug-likeness (QED) is 0.653. The molecule has 1 heterocycles. The van der Waals surface area contributed by atoms with Crippen LogP contribution in [0.25, 0.3) is 0 Å². The number of rotatable bonds is 4. The molecule has 26 heavy (non-hydrogen) atoms. The first-order chi connectivity index (χ1) is 12.1. The molecule has 2 N–H and O–H groups in total. The van der Waals surface area contributed by atoms with Crippen molar-refractivity contribution in [1.29, 1.82) is 0 Å². The number of piperazine rings is 1. The van der Waals surface area contributed by atoms with Crippen molar-refractivity contribution in [2.75, 3.05) is 31.1 Å². The number of carbonyl (C=O) groups is 1. The molecule has 2 aromatic rings. The van der Waals surface area contributed by atoms with Gasteiger partial charge in [-0.05, 0) is 23.8 Å². The third kappa shape index (κ3) is 4.30. The standard InChI is InChI=1S/C18H20N4O3.ClH/c19-13-14-4-6-15(7-5-14)18(23)21-10-8-20(9-11-21)16-2-1-3-17(12-16)22(24)25;/h1-7,12H,8-11,13,19H2;1H. The van der Waals surface area contributed by atoms with Gasteiger partial charge in [0.15, 0.2) is 0 Å². The molecule has 1 saturated heterocycles. The highest BCUT2D eigenvalue weighted by Gasteiger charge is 2.23. The van der Waals surface area contributed by atoms with Gasteiger partial charge in [0.1, 0.15) is 0 Å². The molecule has 0 atom stereocenters. The van der Waals surface area contributed by atoms with Gasteiger partial charge in [-0.3, -0.25) is 14.9 Å². The number of non-ortho nitro benzene ring substituents is 1. The molecule has 138 valence electrons. The minimum Gasteiger partial charge on any atom is -0.368 e. The molecule has 0 aromatic heterocycles. The summed E-state index contributed by atoms with van der Waals surface area (Å²) in [7, 11) is 0. The molecule has 1 aliphatic rings. The van der Waals surface area contributed by atoms with Crippen LogP contribution in [0.5, 0.6) is 0 Å². The van der Waals surface area contributed by atoms with Gasteiger partial charge in [0.25, 0.3) is 11.6 Å². The second-order valence-corrected chi connectivity index (χ2v) is 5.96. The summed E-state index contributed by atoms with van der Waals surface area (Å²) >= 11 is 0. The van der Waals surface area contributed by atoms with Crippen molar-refractivity contribution in [2.24, 2.45) is 5.73 Å². The fourth-order valence-electron chi connectivity index (χ4n) is 2.94. The number of hydrogen-bond acceptors (Lipinski definition) is 5. The van der Waals surface area contributed by atoms with Crippen LogP contribution in [0.15, 0.2) is 48.5 Å². The predicted octanol–water partition coefficient (Wildman–Crippen LogP) is 2.44. The molecule has 0 spiro atoms. The summed E-state index contributed by atoms with van der Waals surface area (Å²) in [4.78, 5) is 27.0. The van der Waals surface area contributed by atoms with Crippen LogP contribution >= 0.6 is 12.4 Å². The highest BCUT2D eigenvalue weighted by atomic mass is 35.5. The lowest BCUT2D eigenvalue weighted by Crippen LogP contribution is -2.48. The number of nitrogens with two attached hydrogens (primary N) is 1. The summed E-state index contributed by atoms with van der Waals surface area (Å²) in [6, 6.07) is 13.9. The van der Waals surface area contributed by atoms with Crippen LogP contribution in [0.2, 0.25) is 0 Å². The van der Waals surface area contributed by atoms with E-state index in [1.165, 1.54) is 6.07 Å². The van der Waals surface area contributed by atoms with Crippen LogP contribution in [-0.4, -0.2) is 41.9 Å². The Morgan fingerprint density at radius 2 is 1.73 bits per heavy atom. The molecule has 1 aliphatic heterocycles. The van der Waals surface area contributed by atoms with Crippen molar-refractivity contribution >= 4 is 29.7 Å². The molecule has 0 unspecified atom stereocenters. The van der Waals surface area contributed by atoms with Crippen molar-refractivity contribution in [3.8, 4) is 0 Å². The Kier molecular flexibility index (Phi) is 6.54. The highest BCUT2D eigenvalue weighted by Crippen LogP contribution is 2.22. The number of nitro benzene ring substituents is 1. The summed E-state index contributed by atoms with van der Waals surface area (Å²) in [6.07, 6.45) is 0. The molecule has 3 rings (SSSR count). The molecule has 7 nitrogen and oxygen atoms in total. The maximum absolute atomic E-state index is 12.6. The maximum Gasteiger partial charge on any atom is 0.271 e. The smallest absolute Gasteiger partial charge is 0.271 e. The van der Waals surface area contributed by atoms with E-state index < -0.39 is 4.92 Å². The SMILES string of the molecule is Cl.NCc1ccc(C(=O)N2CCN(c3cccc([N+](=O)[O-])c3)CC2)cc1. The second-order valence-electron chi connectivity index (χ2n) is 5.96. The maximum atomic E-state index is 12.6. The zero-order valence-corrected chi connectivity index (χ0v) is 15.0. The van der Waals surface area contributed by atoms with Gasteiger partial charge in [-0.15, -0.1) is 12.4 Å². The molecule has 0 saturated carbocycles. The van der Waals surface area contributed by atoms with Gasteiger partial charge in [0, 0.05) is 56.1 Å². The Hall–Kier alpha value is -2.64. The third-order valence-corrected chi connectivity index (χ3v) is 4.41. The molecular formula is C18H21ClN4O3. The summed E-state index contributed by atoms with van der Waals surface area (Å²) < 4.78 is 0. The Labute approximate surface area is 157 Å². The average molecular weight is 377 g/mol. The monoisotopic (exact) mass is 376 g/mol. The number of anilines is 1. The fraction of sp³-hybridized carbons (Fsp3) is 0.278. The van der Waals surface area contributed by atoms with Gasteiger partial charge in [0.2, 0.25) is 0 Å². The number of carbonyl (C=O) groups excluding carboxylic acids is 1. The molecule has 0 radical (unpaired) electrons. The zero-order valence-electron chi connectivity index (χ0n) is 14.2. The molecule has 1 amide bonds. The molecule has 2 aromatic carbocycles. The minimum atomic E-state index is -0.395. The van der Waals surface area contributed by atoms with E-state index in [-0.39, 0.29) is 24.0 Å². The van der Waals surface area contributed by atoms with Crippen molar-refractivity contribution in [3.63, 3.8) is 0 Å². The van der Waals surface area contributed by atoms with E-state index in [4.69, 9.17) is 5.73 Å². The largest absolute Gasteiger partial charge is 0.368 e. The van der Waals surface area contributed by atoms with Crippen LogP contribution in [-0.2, 0) is 6.54 Å². The Morgan fingerprint density at radius 3 is 2.31 bits per heavy atom. The summed E-state index contributed by atoms with van der Waals surface area (Å²) in [6.45, 7) is 2.91. The van der Waals surface area contributed by atoms with E-state index in [1.807, 2.05) is 23.1 Å². The van der Waals surface area contributed by atoms with Crippen LogP contribution in [0.3, 0.4) is 0 Å². The van der Waals surface area contributed by atoms with Gasteiger partial charge in [-0.25, -0.2) is 0 Å². The lowest BCUT2D eigenvalue weighted by atomic mass is 10.1. The number of hydrogen-bond donors (Lipinski definition) is 1. The first-order valence-electron chi connectivity index (χ1n) is 8.16. The second kappa shape index (κ2) is 8.64. The summed E-state index contributed by atoms with van der Waals surface area (Å²) in [5.74, 6) is 0.00210. The molecule has 8 heteroatoms. The van der Waals surface area contributed by atoms with E-state index in [9.17, 15) is 14.9 Å². The first kappa shape index (κ1) is 19.7. The minimum absolute atomic E-state index is 0. The number of amides is 1. The van der Waals surface area contributed by atoms with Crippen LogP contribution in [0.4, 0.5) is 11.4 Å². The Bertz CT molecular complexity index is 774. The summed E-state index contributed by atoms with van der Waals surface area (Å²) in [5, 5.41) is 10.9. The average Bonchev–Trinajstić information content (AvgIpc) is 2.67. The molecule has 1 fully saturated rings. The van der Waals surface area contributed by atoms with Gasteiger partial charge < -0.3 is 15.5 Å². The first-order valence-corrected chi connectivity index (χ1v) is 8.16. The van der Waals surface area contributed by atoms with E-state index in [1.54, 1.807) is 24.3 Å². The van der Waals surface area contributed by atoms with E-state index in [0.29, 0.717) is 38.3 Å². The molecular weight excluding hydrogens is 356 g/mol. The van der Waals surface area contributed by atoms with E-state index >= 15 is 0 Å². The fourth-order valence-corrected chi connectivity index (χ4v) is 2.94. The van der Waals surface area contributed by atoms with Gasteiger partial charge >= 0.3 is 0 Å². The van der Waals surface area contributed by atoms with Gasteiger partial charge in [-0.1, -0.05) is 18.2 Å². The predicted molar refractivity (Wildman–Crippen MR) is 103 cm³/mol. The molecule has 0 aliphatic carbocycles. The molecule has 0 bridgehead atoms. The van der Waals surface area contributed by atoms with Crippen molar-refractivity contribution in [1.82, 2.24) is 4.90 Å². The van der Waals surface area contributed by atoms with Crippen LogP contribution in [0.1, 0.15) is 15.9 Å². The third-order valence-electron chi connectivity index (χ3n) is 4.41. The Morgan fingerprint density at radius 1 is 1.08 bits per heavy atom. The highest BCUT2D eigenvalue weighted by molar-refractivity contribution is 5.94. The lowest BCUT2D eigenvalue weighted by molar-refractivity contribution is -0.384. The number of nitro groups is 1. The topological polar surface area (TPSA) is 92.7 Å². The van der Waals surface area contributed by atoms with Gasteiger partial charge in [-0.2, -0.15) is 0 Å². The summed E-state index contributed by atoms with van der Waals surface area (Å²) in [5.41, 5.74) is 8.12. The zero-order chi connectivity index (χ0) is 17.8.